The van der Waals surface area contributed by atoms with E-state index in [1.807, 2.05) is 37.3 Å². The molecule has 4 aromatic rings. The summed E-state index contributed by atoms with van der Waals surface area (Å²) in [7, 11) is 0. The van der Waals surface area contributed by atoms with Crippen LogP contribution in [0.4, 0.5) is 11.4 Å². The van der Waals surface area contributed by atoms with E-state index in [0.717, 1.165) is 51.6 Å². The van der Waals surface area contributed by atoms with Gasteiger partial charge in [-0.3, -0.25) is 9.69 Å². The Balaban J connectivity index is 1.41. The van der Waals surface area contributed by atoms with Crippen LogP contribution in [0.3, 0.4) is 0 Å². The Morgan fingerprint density at radius 1 is 1.06 bits per heavy atom. The number of aromatic nitrogens is 2. The lowest BCUT2D eigenvalue weighted by atomic mass is 9.99. The third kappa shape index (κ3) is 4.31. The van der Waals surface area contributed by atoms with Crippen molar-refractivity contribution in [2.24, 2.45) is 0 Å². The number of nitrogens with one attached hydrogen (secondary N) is 3. The molecule has 7 heteroatoms. The summed E-state index contributed by atoms with van der Waals surface area (Å²) in [4.78, 5) is 23.5. The van der Waals surface area contributed by atoms with Gasteiger partial charge in [-0.25, -0.2) is 4.98 Å². The highest BCUT2D eigenvalue weighted by atomic mass is 35.5. The van der Waals surface area contributed by atoms with Crippen LogP contribution in [0, 0.1) is 6.92 Å². The summed E-state index contributed by atoms with van der Waals surface area (Å²) in [5.41, 5.74) is 7.81. The normalized spacial score (nSPS) is 17.0. The number of carbonyl (C=O) groups is 1. The number of aryl methyl sites for hydroxylation is 1. The number of benzene rings is 3. The van der Waals surface area contributed by atoms with Crippen LogP contribution in [0.2, 0.25) is 5.02 Å². The summed E-state index contributed by atoms with van der Waals surface area (Å²) in [6.45, 7) is 5.25. The van der Waals surface area contributed by atoms with Crippen LogP contribution < -0.4 is 10.6 Å². The monoisotopic (exact) mass is 483 g/mol. The highest BCUT2D eigenvalue weighted by Gasteiger charge is 2.29. The summed E-state index contributed by atoms with van der Waals surface area (Å²) in [6.07, 6.45) is 2.57. The quantitative estimate of drug-likeness (QED) is 0.302. The number of halogens is 1. The highest BCUT2D eigenvalue weighted by molar-refractivity contribution is 6.38. The summed E-state index contributed by atoms with van der Waals surface area (Å²) in [5, 5.41) is 7.11. The number of amides is 1. The maximum atomic E-state index is 13.2. The van der Waals surface area contributed by atoms with E-state index in [9.17, 15) is 4.79 Å². The summed E-state index contributed by atoms with van der Waals surface area (Å²) in [6, 6.07) is 20.0. The second kappa shape index (κ2) is 8.87. The van der Waals surface area contributed by atoms with Crippen LogP contribution in [0.15, 0.2) is 60.7 Å². The van der Waals surface area contributed by atoms with Gasteiger partial charge < -0.3 is 15.6 Å². The minimum absolute atomic E-state index is 0.156. The SMILES string of the molecule is Cc1nc2ccc(C(Nc3ccc(CN4CCCC4)cc3)=C3C(=O)Nc4cc(Cl)ccc43)cc2[nH]1. The molecule has 176 valence electrons. The van der Waals surface area contributed by atoms with E-state index >= 15 is 0 Å². The average Bonchev–Trinajstić information content (AvgIpc) is 3.56. The van der Waals surface area contributed by atoms with Crippen molar-refractivity contribution >= 4 is 51.2 Å². The zero-order valence-corrected chi connectivity index (χ0v) is 20.2. The number of H-pyrrole nitrogens is 1. The molecule has 6 rings (SSSR count). The second-order valence-electron chi connectivity index (χ2n) is 9.25. The van der Waals surface area contributed by atoms with Gasteiger partial charge in [0, 0.05) is 28.4 Å². The molecule has 0 radical (unpaired) electrons. The Bertz CT molecular complexity index is 1460. The van der Waals surface area contributed by atoms with E-state index in [0.29, 0.717) is 10.6 Å². The predicted molar refractivity (Wildman–Crippen MR) is 142 cm³/mol. The fourth-order valence-electron chi connectivity index (χ4n) is 5.00. The van der Waals surface area contributed by atoms with E-state index in [1.54, 1.807) is 6.07 Å². The van der Waals surface area contributed by atoms with Gasteiger partial charge in [0.05, 0.1) is 28.0 Å². The molecule has 0 bridgehead atoms. The predicted octanol–water partition coefficient (Wildman–Crippen LogP) is 6.05. The molecule has 2 aliphatic rings. The van der Waals surface area contributed by atoms with Crippen LogP contribution in [0.25, 0.3) is 22.3 Å². The van der Waals surface area contributed by atoms with E-state index in [2.05, 4.69) is 49.8 Å². The summed E-state index contributed by atoms with van der Waals surface area (Å²) < 4.78 is 0. The van der Waals surface area contributed by atoms with Crippen molar-refractivity contribution in [2.75, 3.05) is 23.7 Å². The molecule has 2 aliphatic heterocycles. The molecule has 3 aromatic carbocycles. The van der Waals surface area contributed by atoms with E-state index in [-0.39, 0.29) is 5.91 Å². The first-order valence-corrected chi connectivity index (χ1v) is 12.3. The maximum absolute atomic E-state index is 13.2. The minimum atomic E-state index is -0.156. The standard InChI is InChI=1S/C28H26ClN5O/c1-17-30-23-11-6-19(14-25(23)31-17)27(26-22-10-7-20(29)15-24(22)33-28(26)35)32-21-8-4-18(5-9-21)16-34-12-2-3-13-34/h4-11,14-15,32H,2-3,12-13,16H2,1H3,(H,30,31)(H,33,35). The molecule has 0 atom stereocenters. The zero-order valence-electron chi connectivity index (χ0n) is 19.5. The number of fused-ring (bicyclic) bond motifs is 2. The molecular formula is C28H26ClN5O. The Kier molecular flexibility index (Phi) is 5.55. The fourth-order valence-corrected chi connectivity index (χ4v) is 5.17. The van der Waals surface area contributed by atoms with Crippen molar-refractivity contribution in [2.45, 2.75) is 26.3 Å². The molecule has 0 spiro atoms. The van der Waals surface area contributed by atoms with Crippen molar-refractivity contribution in [1.82, 2.24) is 14.9 Å². The van der Waals surface area contributed by atoms with Crippen molar-refractivity contribution in [3.63, 3.8) is 0 Å². The zero-order chi connectivity index (χ0) is 23.9. The Hall–Kier alpha value is -3.61. The van der Waals surface area contributed by atoms with Gasteiger partial charge in [-0.2, -0.15) is 0 Å². The lowest BCUT2D eigenvalue weighted by Gasteiger charge is -2.17. The van der Waals surface area contributed by atoms with Crippen LogP contribution in [-0.4, -0.2) is 33.9 Å². The van der Waals surface area contributed by atoms with Gasteiger partial charge in [0.2, 0.25) is 0 Å². The first-order valence-electron chi connectivity index (χ1n) is 11.9. The Morgan fingerprint density at radius 3 is 2.66 bits per heavy atom. The molecule has 1 aromatic heterocycles. The van der Waals surface area contributed by atoms with Crippen molar-refractivity contribution in [3.8, 4) is 0 Å². The minimum Gasteiger partial charge on any atom is -0.354 e. The number of carbonyl (C=O) groups excluding carboxylic acids is 1. The molecule has 0 aliphatic carbocycles. The number of nitrogens with zero attached hydrogens (tertiary/aromatic N) is 2. The number of anilines is 2. The van der Waals surface area contributed by atoms with Crippen LogP contribution in [0.1, 0.15) is 35.4 Å². The number of likely N-dealkylation sites (tertiary alicyclic amines) is 1. The largest absolute Gasteiger partial charge is 0.354 e. The highest BCUT2D eigenvalue weighted by Crippen LogP contribution is 2.39. The van der Waals surface area contributed by atoms with Gasteiger partial charge in [-0.1, -0.05) is 35.9 Å². The Morgan fingerprint density at radius 2 is 1.86 bits per heavy atom. The lowest BCUT2D eigenvalue weighted by Crippen LogP contribution is -2.18. The topological polar surface area (TPSA) is 73.1 Å². The van der Waals surface area contributed by atoms with Gasteiger partial charge >= 0.3 is 0 Å². The Labute approximate surface area is 209 Å². The molecule has 3 N–H and O–H groups in total. The molecule has 0 saturated carbocycles. The molecular weight excluding hydrogens is 458 g/mol. The molecule has 1 amide bonds. The average molecular weight is 484 g/mol. The fraction of sp³-hybridized carbons (Fsp3) is 0.214. The van der Waals surface area contributed by atoms with Crippen molar-refractivity contribution < 1.29 is 4.79 Å². The van der Waals surface area contributed by atoms with Gasteiger partial charge in [0.15, 0.2) is 0 Å². The van der Waals surface area contributed by atoms with Crippen LogP contribution >= 0.6 is 11.6 Å². The first-order chi connectivity index (χ1) is 17.0. The number of hydrogen-bond donors (Lipinski definition) is 3. The van der Waals surface area contributed by atoms with E-state index < -0.39 is 0 Å². The smallest absolute Gasteiger partial charge is 0.258 e. The summed E-state index contributed by atoms with van der Waals surface area (Å²) in [5.74, 6) is 0.697. The molecule has 0 unspecified atom stereocenters. The number of hydrogen-bond acceptors (Lipinski definition) is 4. The van der Waals surface area contributed by atoms with Gasteiger partial charge in [-0.05, 0) is 74.8 Å². The van der Waals surface area contributed by atoms with Gasteiger partial charge in [0.1, 0.15) is 5.82 Å². The second-order valence-corrected chi connectivity index (χ2v) is 9.69. The molecule has 1 saturated heterocycles. The molecule has 6 nitrogen and oxygen atoms in total. The van der Waals surface area contributed by atoms with Gasteiger partial charge in [0.25, 0.3) is 5.91 Å². The van der Waals surface area contributed by atoms with E-state index in [4.69, 9.17) is 11.6 Å². The molecule has 35 heavy (non-hydrogen) atoms. The molecule has 1 fully saturated rings. The summed E-state index contributed by atoms with van der Waals surface area (Å²) >= 11 is 6.19. The van der Waals surface area contributed by atoms with Crippen LogP contribution in [0.5, 0.6) is 0 Å². The number of aromatic amines is 1. The van der Waals surface area contributed by atoms with Crippen molar-refractivity contribution in [3.05, 3.63) is 88.2 Å². The third-order valence-corrected chi connectivity index (χ3v) is 6.93. The number of imidazole rings is 1. The molecule has 3 heterocycles. The lowest BCUT2D eigenvalue weighted by molar-refractivity contribution is -0.110. The van der Waals surface area contributed by atoms with Crippen molar-refractivity contribution in [1.29, 1.82) is 0 Å². The van der Waals surface area contributed by atoms with E-state index in [1.165, 1.54) is 31.5 Å². The first kappa shape index (κ1) is 21.9. The number of rotatable bonds is 5. The van der Waals surface area contributed by atoms with Crippen LogP contribution in [-0.2, 0) is 11.3 Å². The van der Waals surface area contributed by atoms with Gasteiger partial charge in [-0.15, -0.1) is 0 Å². The third-order valence-electron chi connectivity index (χ3n) is 6.69. The maximum Gasteiger partial charge on any atom is 0.258 e.